The molecule has 0 aliphatic rings. The molecule has 0 radical (unpaired) electrons. The molecule has 0 N–H and O–H groups in total. The summed E-state index contributed by atoms with van der Waals surface area (Å²) in [6.07, 6.45) is 1.26. The van der Waals surface area contributed by atoms with E-state index in [9.17, 15) is 4.79 Å². The van der Waals surface area contributed by atoms with Crippen molar-refractivity contribution in [2.75, 3.05) is 18.6 Å². The summed E-state index contributed by atoms with van der Waals surface area (Å²) in [5.74, 6) is -0.518. The van der Waals surface area contributed by atoms with Crippen LogP contribution in [0.5, 0.6) is 0 Å². The predicted octanol–water partition coefficient (Wildman–Crippen LogP) is 2.49. The zero-order valence-corrected chi connectivity index (χ0v) is 11.2. The fourth-order valence-electron chi connectivity index (χ4n) is 1.59. The monoisotopic (exact) mass is 271 g/mol. The van der Waals surface area contributed by atoms with Crippen molar-refractivity contribution in [3.8, 4) is 6.07 Å². The van der Waals surface area contributed by atoms with Gasteiger partial charge < -0.3 is 9.15 Å². The number of benzene rings is 1. The summed E-state index contributed by atoms with van der Waals surface area (Å²) < 4.78 is 10.1. The van der Waals surface area contributed by atoms with Crippen molar-refractivity contribution in [1.29, 1.82) is 5.26 Å². The number of nitriles is 1. The van der Waals surface area contributed by atoms with Crippen LogP contribution in [0.25, 0.3) is 0 Å². The number of hydrogen-bond acceptors (Lipinski definition) is 6. The van der Waals surface area contributed by atoms with Crippen LogP contribution in [-0.2, 0) is 4.74 Å². The van der Waals surface area contributed by atoms with Gasteiger partial charge in [0, 0.05) is 12.7 Å². The normalized spacial score (nSPS) is 9.85. The van der Waals surface area contributed by atoms with Crippen molar-refractivity contribution in [1.82, 2.24) is 4.98 Å². The number of carbonyl (C=O) groups is 1. The molecule has 1 aromatic carbocycles. The van der Waals surface area contributed by atoms with Crippen molar-refractivity contribution >= 4 is 17.7 Å². The number of carbonyl (C=O) groups excluding carboxylic acids is 1. The van der Waals surface area contributed by atoms with Gasteiger partial charge in [-0.3, -0.25) is 4.90 Å². The first kappa shape index (κ1) is 13.6. The number of hydrogen-bond donors (Lipinski definition) is 0. The summed E-state index contributed by atoms with van der Waals surface area (Å²) in [5.41, 5.74) is 1.49. The molecule has 1 aromatic heterocycles. The maximum absolute atomic E-state index is 11.5. The van der Waals surface area contributed by atoms with Crippen LogP contribution in [-0.4, -0.2) is 24.6 Å². The molecule has 0 saturated carbocycles. The van der Waals surface area contributed by atoms with E-state index in [0.717, 1.165) is 5.69 Å². The molecular weight excluding hydrogens is 258 g/mol. The maximum Gasteiger partial charge on any atom is 0.360 e. The maximum atomic E-state index is 11.5. The van der Waals surface area contributed by atoms with Gasteiger partial charge in [-0.1, -0.05) is 0 Å². The Morgan fingerprint density at radius 1 is 1.45 bits per heavy atom. The molecule has 2 aromatic rings. The van der Waals surface area contributed by atoms with Crippen molar-refractivity contribution < 1.29 is 13.9 Å². The zero-order chi connectivity index (χ0) is 14.5. The molecular formula is C14H13N3O3. The molecule has 20 heavy (non-hydrogen) atoms. The van der Waals surface area contributed by atoms with Crippen molar-refractivity contribution in [3.63, 3.8) is 0 Å². The molecule has 102 valence electrons. The minimum atomic E-state index is -0.518. The van der Waals surface area contributed by atoms with E-state index in [1.54, 1.807) is 43.1 Å². The molecule has 0 fully saturated rings. The Balaban J connectivity index is 2.18. The Morgan fingerprint density at radius 3 is 2.75 bits per heavy atom. The number of esters is 1. The van der Waals surface area contributed by atoms with Gasteiger partial charge in [0.25, 0.3) is 0 Å². The van der Waals surface area contributed by atoms with E-state index in [0.29, 0.717) is 5.56 Å². The predicted molar refractivity (Wildman–Crippen MR) is 71.7 cm³/mol. The topological polar surface area (TPSA) is 79.4 Å². The highest BCUT2D eigenvalue weighted by Gasteiger charge is 2.16. The van der Waals surface area contributed by atoms with Gasteiger partial charge in [-0.15, -0.1) is 0 Å². The lowest BCUT2D eigenvalue weighted by Gasteiger charge is -2.14. The average molecular weight is 271 g/mol. The van der Waals surface area contributed by atoms with Crippen LogP contribution < -0.4 is 4.90 Å². The van der Waals surface area contributed by atoms with Crippen LogP contribution in [0.4, 0.5) is 11.7 Å². The van der Waals surface area contributed by atoms with Crippen molar-refractivity contribution in [2.24, 2.45) is 0 Å². The molecule has 0 saturated heterocycles. The number of rotatable bonds is 4. The van der Waals surface area contributed by atoms with Crippen molar-refractivity contribution in [3.05, 3.63) is 41.8 Å². The quantitative estimate of drug-likeness (QED) is 0.795. The van der Waals surface area contributed by atoms with Gasteiger partial charge in [-0.25, -0.2) is 4.79 Å². The van der Waals surface area contributed by atoms with E-state index in [-0.39, 0.29) is 18.3 Å². The van der Waals surface area contributed by atoms with Gasteiger partial charge in [0.15, 0.2) is 5.69 Å². The summed E-state index contributed by atoms with van der Waals surface area (Å²) in [6.45, 7) is 2.01. The molecule has 0 aliphatic heterocycles. The van der Waals surface area contributed by atoms with Crippen LogP contribution in [0.2, 0.25) is 0 Å². The Hall–Kier alpha value is -2.81. The summed E-state index contributed by atoms with van der Waals surface area (Å²) in [7, 11) is 1.75. The third-order valence-corrected chi connectivity index (χ3v) is 2.65. The first-order valence-corrected chi connectivity index (χ1v) is 6.02. The Kier molecular flexibility index (Phi) is 4.01. The summed E-state index contributed by atoms with van der Waals surface area (Å²) in [4.78, 5) is 17.2. The van der Waals surface area contributed by atoms with Crippen LogP contribution in [0, 0.1) is 11.3 Å². The Bertz CT molecular complexity index is 640. The molecule has 6 heteroatoms. The van der Waals surface area contributed by atoms with Crippen LogP contribution in [0.1, 0.15) is 23.0 Å². The molecule has 0 atom stereocenters. The molecule has 0 unspecified atom stereocenters. The van der Waals surface area contributed by atoms with E-state index in [1.807, 2.05) is 6.07 Å². The van der Waals surface area contributed by atoms with Crippen molar-refractivity contribution in [2.45, 2.75) is 6.92 Å². The van der Waals surface area contributed by atoms with E-state index >= 15 is 0 Å². The molecule has 6 nitrogen and oxygen atoms in total. The smallest absolute Gasteiger partial charge is 0.360 e. The SMILES string of the molecule is CCOC(=O)c1coc(N(C)c2ccc(C#N)cc2)n1. The number of anilines is 2. The highest BCUT2D eigenvalue weighted by molar-refractivity contribution is 5.87. The van der Waals surface area contributed by atoms with E-state index in [1.165, 1.54) is 6.26 Å². The molecule has 1 heterocycles. The first-order valence-electron chi connectivity index (χ1n) is 6.02. The largest absolute Gasteiger partial charge is 0.461 e. The Labute approximate surface area is 116 Å². The lowest BCUT2D eigenvalue weighted by Crippen LogP contribution is -2.11. The van der Waals surface area contributed by atoms with Gasteiger partial charge in [0.2, 0.25) is 0 Å². The number of ether oxygens (including phenoxy) is 1. The second kappa shape index (κ2) is 5.89. The molecule has 0 amide bonds. The highest BCUT2D eigenvalue weighted by Crippen LogP contribution is 2.23. The second-order valence-corrected chi connectivity index (χ2v) is 3.95. The Morgan fingerprint density at radius 2 is 2.15 bits per heavy atom. The molecule has 0 spiro atoms. The molecule has 2 rings (SSSR count). The lowest BCUT2D eigenvalue weighted by atomic mass is 10.2. The third kappa shape index (κ3) is 2.78. The minimum Gasteiger partial charge on any atom is -0.461 e. The third-order valence-electron chi connectivity index (χ3n) is 2.65. The summed E-state index contributed by atoms with van der Waals surface area (Å²) in [6, 6.07) is 9.26. The standard InChI is InChI=1S/C14H13N3O3/c1-3-19-13(18)12-9-20-14(16-12)17(2)11-6-4-10(8-15)5-7-11/h4-7,9H,3H2,1-2H3. The minimum absolute atomic E-state index is 0.127. The van der Waals surface area contributed by atoms with Gasteiger partial charge in [-0.05, 0) is 31.2 Å². The average Bonchev–Trinajstić information content (AvgIpc) is 2.97. The van der Waals surface area contributed by atoms with Gasteiger partial charge >= 0.3 is 12.0 Å². The zero-order valence-electron chi connectivity index (χ0n) is 11.2. The molecule has 0 aliphatic carbocycles. The fourth-order valence-corrected chi connectivity index (χ4v) is 1.59. The van der Waals surface area contributed by atoms with E-state index in [4.69, 9.17) is 14.4 Å². The number of oxazole rings is 1. The number of nitrogens with zero attached hydrogens (tertiary/aromatic N) is 3. The van der Waals surface area contributed by atoms with E-state index < -0.39 is 5.97 Å². The van der Waals surface area contributed by atoms with Gasteiger partial charge in [0.1, 0.15) is 6.26 Å². The van der Waals surface area contributed by atoms with E-state index in [2.05, 4.69) is 4.98 Å². The van der Waals surface area contributed by atoms with Crippen LogP contribution in [0.3, 0.4) is 0 Å². The first-order chi connectivity index (χ1) is 9.65. The molecule has 0 bridgehead atoms. The fraction of sp³-hybridized carbons (Fsp3) is 0.214. The van der Waals surface area contributed by atoms with Gasteiger partial charge in [0.05, 0.1) is 18.2 Å². The highest BCUT2D eigenvalue weighted by atomic mass is 16.5. The van der Waals surface area contributed by atoms with Crippen LogP contribution in [0.15, 0.2) is 34.9 Å². The van der Waals surface area contributed by atoms with Crippen LogP contribution >= 0.6 is 0 Å². The number of aromatic nitrogens is 1. The lowest BCUT2D eigenvalue weighted by molar-refractivity contribution is 0.0519. The van der Waals surface area contributed by atoms with Gasteiger partial charge in [-0.2, -0.15) is 10.2 Å². The summed E-state index contributed by atoms with van der Waals surface area (Å²) >= 11 is 0. The summed E-state index contributed by atoms with van der Waals surface area (Å²) in [5, 5.41) is 8.75. The second-order valence-electron chi connectivity index (χ2n) is 3.95.